The summed E-state index contributed by atoms with van der Waals surface area (Å²) in [6, 6.07) is 6.55. The molecule has 0 spiro atoms. The quantitative estimate of drug-likeness (QED) is 0.583. The number of hydrogen-bond acceptors (Lipinski definition) is 5. The second-order valence-electron chi connectivity index (χ2n) is 7.39. The Morgan fingerprint density at radius 3 is 2.48 bits per heavy atom. The number of nitro benzene ring substituents is 1. The third-order valence-corrected chi connectivity index (χ3v) is 6.91. The highest BCUT2D eigenvalue weighted by molar-refractivity contribution is 7.91. The van der Waals surface area contributed by atoms with Crippen LogP contribution in [-0.2, 0) is 22.9 Å². The van der Waals surface area contributed by atoms with Gasteiger partial charge in [-0.3, -0.25) is 14.8 Å². The number of nitrogens with one attached hydrogen (secondary N) is 1. The summed E-state index contributed by atoms with van der Waals surface area (Å²) < 4.78 is 25.4. The van der Waals surface area contributed by atoms with Crippen molar-refractivity contribution < 1.29 is 18.2 Å². The molecule has 2 aromatic rings. The average molecular weight is 393 g/mol. The highest BCUT2D eigenvalue weighted by Gasteiger charge is 2.31. The maximum absolute atomic E-state index is 11.8. The van der Waals surface area contributed by atoms with Crippen LogP contribution in [0.5, 0.6) is 0 Å². The molecule has 0 bridgehead atoms. The third kappa shape index (κ3) is 4.36. The topological polar surface area (TPSA) is 99.5 Å². The van der Waals surface area contributed by atoms with E-state index >= 15 is 0 Å². The number of rotatable bonds is 6. The SMILES string of the molecule is Cc1nn([C@@H]2CCS(=O)(=O)C2)c(C)c1C[NH+](C)Cc1ccc([N+](=O)[O-])cc1. The lowest BCUT2D eigenvalue weighted by molar-refractivity contribution is -0.907. The van der Waals surface area contributed by atoms with Crippen molar-refractivity contribution in [3.8, 4) is 0 Å². The predicted molar refractivity (Wildman–Crippen MR) is 101 cm³/mol. The molecule has 0 aliphatic carbocycles. The van der Waals surface area contributed by atoms with E-state index in [9.17, 15) is 18.5 Å². The highest BCUT2D eigenvalue weighted by Crippen LogP contribution is 2.26. The van der Waals surface area contributed by atoms with Crippen LogP contribution in [0.3, 0.4) is 0 Å². The van der Waals surface area contributed by atoms with E-state index in [2.05, 4.69) is 12.1 Å². The van der Waals surface area contributed by atoms with Gasteiger partial charge in [-0.15, -0.1) is 0 Å². The summed E-state index contributed by atoms with van der Waals surface area (Å²) in [7, 11) is -0.884. The zero-order valence-corrected chi connectivity index (χ0v) is 16.6. The van der Waals surface area contributed by atoms with E-state index in [-0.39, 0.29) is 23.2 Å². The van der Waals surface area contributed by atoms with Gasteiger partial charge in [0.15, 0.2) is 9.84 Å². The molecule has 8 nitrogen and oxygen atoms in total. The van der Waals surface area contributed by atoms with Crippen molar-refractivity contribution in [2.75, 3.05) is 18.6 Å². The molecule has 0 saturated carbocycles. The molecule has 0 amide bonds. The molecule has 9 heteroatoms. The molecule has 2 atom stereocenters. The maximum atomic E-state index is 11.8. The molecule has 2 heterocycles. The van der Waals surface area contributed by atoms with Crippen LogP contribution in [0.4, 0.5) is 5.69 Å². The number of aromatic nitrogens is 2. The molecule has 1 aromatic carbocycles. The highest BCUT2D eigenvalue weighted by atomic mass is 32.2. The van der Waals surface area contributed by atoms with Gasteiger partial charge in [-0.2, -0.15) is 5.10 Å². The number of aryl methyl sites for hydroxylation is 1. The average Bonchev–Trinajstić information content (AvgIpc) is 3.09. The van der Waals surface area contributed by atoms with Crippen molar-refractivity contribution >= 4 is 15.5 Å². The number of nitro groups is 1. The first-order chi connectivity index (χ1) is 12.7. The Bertz CT molecular complexity index is 950. The number of hydrogen-bond donors (Lipinski definition) is 1. The fraction of sp³-hybridized carbons (Fsp3) is 0.500. The molecule has 1 aliphatic heterocycles. The zero-order chi connectivity index (χ0) is 19.8. The van der Waals surface area contributed by atoms with Gasteiger partial charge in [0.05, 0.1) is 40.8 Å². The predicted octanol–water partition coefficient (Wildman–Crippen LogP) is 0.983. The number of non-ortho nitro benzene ring substituents is 1. The van der Waals surface area contributed by atoms with Crippen molar-refractivity contribution in [2.45, 2.75) is 39.4 Å². The second kappa shape index (κ2) is 7.40. The van der Waals surface area contributed by atoms with Crippen LogP contribution < -0.4 is 4.90 Å². The Hall–Kier alpha value is -2.26. The molecule has 1 aliphatic rings. The summed E-state index contributed by atoms with van der Waals surface area (Å²) >= 11 is 0. The summed E-state index contributed by atoms with van der Waals surface area (Å²) in [5.41, 5.74) is 4.22. The van der Waals surface area contributed by atoms with E-state index in [1.165, 1.54) is 17.0 Å². The van der Waals surface area contributed by atoms with Crippen LogP contribution in [-0.4, -0.2) is 41.7 Å². The maximum Gasteiger partial charge on any atom is 0.269 e. The van der Waals surface area contributed by atoms with E-state index in [0.29, 0.717) is 6.42 Å². The van der Waals surface area contributed by atoms with Crippen LogP contribution in [0.15, 0.2) is 24.3 Å². The van der Waals surface area contributed by atoms with Gasteiger partial charge in [0.2, 0.25) is 0 Å². The summed E-state index contributed by atoms with van der Waals surface area (Å²) in [6.45, 7) is 5.45. The Balaban J connectivity index is 1.71. The van der Waals surface area contributed by atoms with Gasteiger partial charge in [-0.1, -0.05) is 0 Å². The smallest absolute Gasteiger partial charge is 0.269 e. The lowest BCUT2D eigenvalue weighted by atomic mass is 10.1. The van der Waals surface area contributed by atoms with E-state index in [4.69, 9.17) is 0 Å². The molecular weight excluding hydrogens is 368 g/mol. The van der Waals surface area contributed by atoms with Gasteiger partial charge in [-0.05, 0) is 32.4 Å². The van der Waals surface area contributed by atoms with E-state index in [0.717, 1.165) is 35.6 Å². The van der Waals surface area contributed by atoms with Crippen LogP contribution in [0.1, 0.15) is 35.0 Å². The van der Waals surface area contributed by atoms with E-state index in [1.54, 1.807) is 12.1 Å². The first-order valence-electron chi connectivity index (χ1n) is 8.96. The Labute approximate surface area is 158 Å². The minimum absolute atomic E-state index is 0.0718. The van der Waals surface area contributed by atoms with Crippen molar-refractivity contribution in [3.05, 3.63) is 56.9 Å². The molecular formula is C18H25N4O4S+. The summed E-state index contributed by atoms with van der Waals surface area (Å²) in [5, 5.41) is 15.4. The number of quaternary nitrogens is 1. The lowest BCUT2D eigenvalue weighted by Gasteiger charge is -2.15. The molecule has 3 rings (SSSR count). The summed E-state index contributed by atoms with van der Waals surface area (Å²) in [5.74, 6) is 0.399. The normalized spacial score (nSPS) is 19.9. The Kier molecular flexibility index (Phi) is 5.34. The molecule has 0 radical (unpaired) electrons. The molecule has 1 unspecified atom stereocenters. The van der Waals surface area contributed by atoms with Gasteiger partial charge in [-0.25, -0.2) is 8.42 Å². The third-order valence-electron chi connectivity index (χ3n) is 5.16. The minimum Gasteiger partial charge on any atom is -0.330 e. The van der Waals surface area contributed by atoms with Crippen molar-refractivity contribution in [3.63, 3.8) is 0 Å². The largest absolute Gasteiger partial charge is 0.330 e. The van der Waals surface area contributed by atoms with Crippen molar-refractivity contribution in [1.29, 1.82) is 0 Å². The van der Waals surface area contributed by atoms with Gasteiger partial charge in [0.1, 0.15) is 13.1 Å². The first kappa shape index (κ1) is 19.5. The Morgan fingerprint density at radius 2 is 1.93 bits per heavy atom. The summed E-state index contributed by atoms with van der Waals surface area (Å²) in [6.07, 6.45) is 0.620. The molecule has 146 valence electrons. The van der Waals surface area contributed by atoms with Gasteiger partial charge < -0.3 is 4.90 Å². The monoisotopic (exact) mass is 393 g/mol. The van der Waals surface area contributed by atoms with Gasteiger partial charge >= 0.3 is 0 Å². The molecule has 1 saturated heterocycles. The van der Waals surface area contributed by atoms with Crippen LogP contribution >= 0.6 is 0 Å². The molecule has 1 aromatic heterocycles. The summed E-state index contributed by atoms with van der Waals surface area (Å²) in [4.78, 5) is 11.6. The molecule has 1 N–H and O–H groups in total. The fourth-order valence-corrected chi connectivity index (χ4v) is 5.42. The lowest BCUT2D eigenvalue weighted by Crippen LogP contribution is -3.06. The zero-order valence-electron chi connectivity index (χ0n) is 15.8. The molecule has 1 fully saturated rings. The standard InChI is InChI=1S/C18H24N4O4S/c1-13-18(14(2)21(19-13)17-8-9-27(25,26)12-17)11-20(3)10-15-4-6-16(7-5-15)22(23)24/h4-7,17H,8-12H2,1-3H3/p+1/t17-/m1/s1. The Morgan fingerprint density at radius 1 is 1.26 bits per heavy atom. The first-order valence-corrected chi connectivity index (χ1v) is 10.8. The molecule has 27 heavy (non-hydrogen) atoms. The van der Waals surface area contributed by atoms with E-state index in [1.807, 2.05) is 18.5 Å². The fourth-order valence-electron chi connectivity index (χ4n) is 3.72. The van der Waals surface area contributed by atoms with Crippen LogP contribution in [0.25, 0.3) is 0 Å². The van der Waals surface area contributed by atoms with Crippen LogP contribution in [0.2, 0.25) is 0 Å². The van der Waals surface area contributed by atoms with Crippen LogP contribution in [0, 0.1) is 24.0 Å². The van der Waals surface area contributed by atoms with Crippen molar-refractivity contribution in [2.24, 2.45) is 0 Å². The van der Waals surface area contributed by atoms with Crippen molar-refractivity contribution in [1.82, 2.24) is 9.78 Å². The number of nitrogens with zero attached hydrogens (tertiary/aromatic N) is 3. The second-order valence-corrected chi connectivity index (χ2v) is 9.61. The number of benzene rings is 1. The van der Waals surface area contributed by atoms with Gasteiger partial charge in [0, 0.05) is 23.4 Å². The van der Waals surface area contributed by atoms with Gasteiger partial charge in [0.25, 0.3) is 5.69 Å². The number of sulfone groups is 1. The van der Waals surface area contributed by atoms with E-state index < -0.39 is 14.8 Å². The minimum atomic E-state index is -2.95.